The number of carbonyl (C=O) groups is 1. The third kappa shape index (κ3) is 11.5. The molecule has 1 saturated heterocycles. The minimum Gasteiger partial charge on any atom is -0.462 e. The number of benzene rings is 2. The number of likely N-dealkylation sites (N-methyl/N-ethyl adjacent to an activating group) is 1. The third-order valence-corrected chi connectivity index (χ3v) is 7.36. The molecule has 0 aliphatic carbocycles. The third-order valence-electron chi connectivity index (χ3n) is 7.36. The topological polar surface area (TPSA) is 115 Å². The predicted octanol–water partition coefficient (Wildman–Crippen LogP) is 6.49. The van der Waals surface area contributed by atoms with Crippen LogP contribution in [0.2, 0.25) is 0 Å². The van der Waals surface area contributed by atoms with Crippen molar-refractivity contribution in [2.45, 2.75) is 72.1 Å². The van der Waals surface area contributed by atoms with Crippen LogP contribution in [0.3, 0.4) is 0 Å². The number of hydrogen-bond acceptors (Lipinski definition) is 7. The van der Waals surface area contributed by atoms with Crippen LogP contribution in [0.15, 0.2) is 48.6 Å². The van der Waals surface area contributed by atoms with Crippen LogP contribution in [0.4, 0.5) is 24.7 Å². The molecular weight excluding hydrogens is 595 g/mol. The van der Waals surface area contributed by atoms with Crippen molar-refractivity contribution in [1.82, 2.24) is 14.9 Å². The molecule has 0 bridgehead atoms. The SMILES string of the molecule is CC.Cc1cccc2cccc(N3CCc4c(N)nc(OC[C@@H]5CCCN5C)nc4C3)c12.NC(=O)/C=C/C(F)(F)F.[C-]#[N+]CCC. The summed E-state index contributed by atoms with van der Waals surface area (Å²) in [5.41, 5.74) is 15.3. The van der Waals surface area contributed by atoms with Crippen molar-refractivity contribution in [3.8, 4) is 6.01 Å². The smallest absolute Gasteiger partial charge is 0.409 e. The number of aromatic nitrogens is 2. The van der Waals surface area contributed by atoms with Crippen LogP contribution >= 0.6 is 0 Å². The summed E-state index contributed by atoms with van der Waals surface area (Å²) in [7, 11) is 2.15. The van der Waals surface area contributed by atoms with E-state index in [1.54, 1.807) is 0 Å². The van der Waals surface area contributed by atoms with Crippen molar-refractivity contribution < 1.29 is 22.7 Å². The average molecular weight is 642 g/mol. The number of likely N-dealkylation sites (tertiary alicyclic amines) is 1. The highest BCUT2D eigenvalue weighted by molar-refractivity contribution is 5.97. The number of nitrogens with zero attached hydrogens (tertiary/aromatic N) is 5. The van der Waals surface area contributed by atoms with E-state index in [4.69, 9.17) is 22.0 Å². The highest BCUT2D eigenvalue weighted by Gasteiger charge is 2.25. The van der Waals surface area contributed by atoms with Gasteiger partial charge >= 0.3 is 12.2 Å². The van der Waals surface area contributed by atoms with Gasteiger partial charge in [0.2, 0.25) is 12.5 Å². The molecule has 3 heterocycles. The molecule has 250 valence electrons. The second-order valence-corrected chi connectivity index (χ2v) is 10.7. The Bertz CT molecular complexity index is 1480. The molecule has 46 heavy (non-hydrogen) atoms. The van der Waals surface area contributed by atoms with Crippen LogP contribution in [0, 0.1) is 13.5 Å². The number of nitrogens with two attached hydrogens (primary N) is 2. The quantitative estimate of drug-likeness (QED) is 0.234. The van der Waals surface area contributed by atoms with Crippen LogP contribution in [0.5, 0.6) is 6.01 Å². The van der Waals surface area contributed by atoms with Crippen molar-refractivity contribution in [2.75, 3.05) is 43.9 Å². The summed E-state index contributed by atoms with van der Waals surface area (Å²) in [6, 6.07) is 13.8. The Balaban J connectivity index is 0.000000386. The molecule has 1 fully saturated rings. The summed E-state index contributed by atoms with van der Waals surface area (Å²) in [5, 5.41) is 2.58. The second-order valence-electron chi connectivity index (χ2n) is 10.7. The minimum atomic E-state index is -4.45. The number of primary amides is 1. The van der Waals surface area contributed by atoms with E-state index in [1.807, 2.05) is 20.8 Å². The zero-order valence-corrected chi connectivity index (χ0v) is 27.4. The van der Waals surface area contributed by atoms with E-state index >= 15 is 0 Å². The number of allylic oxidation sites excluding steroid dienone is 1. The van der Waals surface area contributed by atoms with Gasteiger partial charge in [-0.25, -0.2) is 6.57 Å². The Morgan fingerprint density at radius 3 is 2.41 bits per heavy atom. The van der Waals surface area contributed by atoms with Gasteiger partial charge < -0.3 is 30.8 Å². The number of ether oxygens (including phenoxy) is 1. The van der Waals surface area contributed by atoms with Gasteiger partial charge in [-0.05, 0) is 56.8 Å². The molecule has 2 aliphatic heterocycles. The van der Waals surface area contributed by atoms with Crippen LogP contribution in [0.1, 0.15) is 56.9 Å². The Hall–Kier alpha value is -4.37. The number of amides is 1. The van der Waals surface area contributed by atoms with Gasteiger partial charge in [0.1, 0.15) is 12.4 Å². The summed E-state index contributed by atoms with van der Waals surface area (Å²) in [5.74, 6) is -0.546. The number of rotatable bonds is 6. The number of aryl methyl sites for hydroxylation is 1. The van der Waals surface area contributed by atoms with E-state index in [0.717, 1.165) is 50.2 Å². The first-order chi connectivity index (χ1) is 21.9. The fraction of sp³-hybridized carbons (Fsp3) is 0.471. The van der Waals surface area contributed by atoms with Gasteiger partial charge in [0.15, 0.2) is 0 Å². The van der Waals surface area contributed by atoms with Crippen LogP contribution < -0.4 is 21.1 Å². The van der Waals surface area contributed by atoms with E-state index in [2.05, 4.69) is 75.7 Å². The van der Waals surface area contributed by atoms with E-state index in [-0.39, 0.29) is 12.2 Å². The van der Waals surface area contributed by atoms with Gasteiger partial charge in [-0.15, -0.1) is 0 Å². The van der Waals surface area contributed by atoms with Gasteiger partial charge in [0, 0.05) is 47.8 Å². The Kier molecular flexibility index (Phi) is 15.3. The van der Waals surface area contributed by atoms with Crippen LogP contribution in [-0.4, -0.2) is 66.3 Å². The lowest BCUT2D eigenvalue weighted by Crippen LogP contribution is -2.33. The van der Waals surface area contributed by atoms with E-state index in [1.165, 1.54) is 28.4 Å². The first-order valence-corrected chi connectivity index (χ1v) is 15.5. The maximum atomic E-state index is 11.1. The monoisotopic (exact) mass is 641 g/mol. The zero-order valence-electron chi connectivity index (χ0n) is 27.4. The molecule has 4 N–H and O–H groups in total. The van der Waals surface area contributed by atoms with Crippen LogP contribution in [-0.2, 0) is 17.8 Å². The van der Waals surface area contributed by atoms with Gasteiger partial charge in [0.25, 0.3) is 0 Å². The highest BCUT2D eigenvalue weighted by atomic mass is 19.4. The predicted molar refractivity (Wildman–Crippen MR) is 179 cm³/mol. The summed E-state index contributed by atoms with van der Waals surface area (Å²) < 4.78 is 39.3. The minimum absolute atomic E-state index is 0.213. The molecule has 0 radical (unpaired) electrons. The van der Waals surface area contributed by atoms with Gasteiger partial charge in [-0.1, -0.05) is 51.1 Å². The van der Waals surface area contributed by atoms with Crippen LogP contribution in [0.25, 0.3) is 15.6 Å². The molecule has 3 aromatic rings. The molecule has 1 aromatic heterocycles. The number of nitrogen functional groups attached to an aromatic ring is 1. The molecule has 0 saturated carbocycles. The molecule has 2 aromatic carbocycles. The highest BCUT2D eigenvalue weighted by Crippen LogP contribution is 2.34. The lowest BCUT2D eigenvalue weighted by Gasteiger charge is -2.31. The lowest BCUT2D eigenvalue weighted by molar-refractivity contribution is -0.114. The Morgan fingerprint density at radius 2 is 1.87 bits per heavy atom. The number of carbonyl (C=O) groups excluding carboxylic acids is 1. The number of fused-ring (bicyclic) bond motifs is 2. The second kappa shape index (κ2) is 18.6. The summed E-state index contributed by atoms with van der Waals surface area (Å²) in [6.07, 6.45) is -0.189. The Morgan fingerprint density at radius 1 is 1.17 bits per heavy atom. The summed E-state index contributed by atoms with van der Waals surface area (Å²) in [4.78, 5) is 26.7. The van der Waals surface area contributed by atoms with Gasteiger partial charge in [-0.3, -0.25) is 4.79 Å². The fourth-order valence-electron chi connectivity index (χ4n) is 5.12. The Labute approximate surface area is 270 Å². The first kappa shape index (κ1) is 37.8. The van der Waals surface area contributed by atoms with Crippen molar-refractivity contribution in [2.24, 2.45) is 5.73 Å². The van der Waals surface area contributed by atoms with Gasteiger partial charge in [-0.2, -0.15) is 23.1 Å². The lowest BCUT2D eigenvalue weighted by atomic mass is 10.00. The molecule has 1 amide bonds. The standard InChI is InChI=1S/C24H29N5O.C4H4F3NO.C4H7N.C2H6/c1-16-6-3-7-17-8-4-10-21(22(16)17)29-13-11-19-20(14-29)26-24(27-23(19)25)30-15-18-9-5-12-28(18)2;5-4(6,7)2-1-3(8)9;1-3-4-5-2;1-2/h3-4,6-8,10,18H,5,9,11-15H2,1-2H3,(H2,25,26,27);1-2H,(H2,8,9);3-4H2,1H3;1-2H3/b;2-1+;;/t18-;;;/m0.../s1. The van der Waals surface area contributed by atoms with E-state index in [9.17, 15) is 18.0 Å². The molecule has 9 nitrogen and oxygen atoms in total. The molecule has 0 spiro atoms. The molecular formula is C34H46F3N7O2. The molecule has 2 aliphatic rings. The molecule has 0 unspecified atom stereocenters. The number of anilines is 2. The normalized spacial score (nSPS) is 15.8. The molecule has 5 rings (SSSR count). The number of alkyl halides is 3. The fourth-order valence-corrected chi connectivity index (χ4v) is 5.12. The van der Waals surface area contributed by atoms with Crippen molar-refractivity contribution in [1.29, 1.82) is 0 Å². The van der Waals surface area contributed by atoms with E-state index in [0.29, 0.717) is 31.0 Å². The van der Waals surface area contributed by atoms with Crippen molar-refractivity contribution in [3.05, 3.63) is 76.8 Å². The zero-order chi connectivity index (χ0) is 34.3. The summed E-state index contributed by atoms with van der Waals surface area (Å²) in [6.45, 7) is 18.4. The number of halogens is 3. The largest absolute Gasteiger partial charge is 0.462 e. The van der Waals surface area contributed by atoms with Crippen molar-refractivity contribution >= 4 is 28.2 Å². The van der Waals surface area contributed by atoms with Crippen molar-refractivity contribution in [3.63, 3.8) is 0 Å². The molecule has 1 atom stereocenters. The molecule has 12 heteroatoms. The van der Waals surface area contributed by atoms with Gasteiger partial charge in [0.05, 0.1) is 12.2 Å². The average Bonchev–Trinajstić information content (AvgIpc) is 3.44. The maximum absolute atomic E-state index is 11.1. The van der Waals surface area contributed by atoms with E-state index < -0.39 is 12.1 Å². The number of hydrogen-bond donors (Lipinski definition) is 2. The summed E-state index contributed by atoms with van der Waals surface area (Å²) >= 11 is 0. The maximum Gasteiger partial charge on any atom is 0.409 e. The first-order valence-electron chi connectivity index (χ1n) is 15.5.